The van der Waals surface area contributed by atoms with Crippen molar-refractivity contribution in [3.05, 3.63) is 71.5 Å². The van der Waals surface area contributed by atoms with Crippen LogP contribution in [-0.2, 0) is 4.79 Å². The summed E-state index contributed by atoms with van der Waals surface area (Å²) in [6, 6.07) is 15.3. The number of carbonyl (C=O) groups excluding carboxylic acids is 1. The lowest BCUT2D eigenvalue weighted by Gasteiger charge is -2.16. The van der Waals surface area contributed by atoms with E-state index in [9.17, 15) is 9.18 Å². The van der Waals surface area contributed by atoms with Crippen molar-refractivity contribution < 1.29 is 18.7 Å². The lowest BCUT2D eigenvalue weighted by molar-refractivity contribution is -0.127. The zero-order chi connectivity index (χ0) is 23.4. The van der Waals surface area contributed by atoms with Crippen molar-refractivity contribution in [1.82, 2.24) is 25.1 Å². The number of amides is 1. The molecule has 33 heavy (non-hydrogen) atoms. The standard InChI is InChI=1S/C24H24FN5O3/c1-15-7-8-16(2)20(13-15)33-17(3)24(31)26-11-12-32-22-10-9-21-27-28-23(30(21)29-22)18-5-4-6-19(25)14-18/h4-10,13-14,17H,11-12H2,1-3H3,(H,26,31). The van der Waals surface area contributed by atoms with Gasteiger partial charge in [0, 0.05) is 11.6 Å². The van der Waals surface area contributed by atoms with E-state index in [2.05, 4.69) is 20.6 Å². The Morgan fingerprint density at radius 3 is 2.79 bits per heavy atom. The first-order valence-electron chi connectivity index (χ1n) is 10.5. The van der Waals surface area contributed by atoms with Gasteiger partial charge in [0.25, 0.3) is 5.91 Å². The van der Waals surface area contributed by atoms with Crippen LogP contribution in [0.15, 0.2) is 54.6 Å². The molecule has 4 rings (SSSR count). The number of hydrogen-bond donors (Lipinski definition) is 1. The summed E-state index contributed by atoms with van der Waals surface area (Å²) in [5, 5.41) is 15.3. The normalized spacial score (nSPS) is 11.9. The van der Waals surface area contributed by atoms with Crippen molar-refractivity contribution in [3.8, 4) is 23.0 Å². The zero-order valence-corrected chi connectivity index (χ0v) is 18.6. The number of hydrogen-bond acceptors (Lipinski definition) is 6. The van der Waals surface area contributed by atoms with Gasteiger partial charge in [0.05, 0.1) is 6.54 Å². The first-order chi connectivity index (χ1) is 15.9. The molecule has 9 heteroatoms. The molecular formula is C24H24FN5O3. The van der Waals surface area contributed by atoms with Gasteiger partial charge < -0.3 is 14.8 Å². The van der Waals surface area contributed by atoms with Crippen LogP contribution >= 0.6 is 0 Å². The Kier molecular flexibility index (Phi) is 6.48. The Morgan fingerprint density at radius 2 is 1.97 bits per heavy atom. The number of nitrogens with zero attached hydrogens (tertiary/aromatic N) is 4. The maximum absolute atomic E-state index is 13.6. The molecule has 0 saturated heterocycles. The summed E-state index contributed by atoms with van der Waals surface area (Å²) in [4.78, 5) is 12.4. The van der Waals surface area contributed by atoms with E-state index >= 15 is 0 Å². The number of fused-ring (bicyclic) bond motifs is 1. The van der Waals surface area contributed by atoms with Gasteiger partial charge >= 0.3 is 0 Å². The average molecular weight is 449 g/mol. The monoisotopic (exact) mass is 449 g/mol. The molecule has 0 radical (unpaired) electrons. The van der Waals surface area contributed by atoms with Gasteiger partial charge in [-0.2, -0.15) is 4.52 Å². The molecule has 0 bridgehead atoms. The van der Waals surface area contributed by atoms with E-state index in [1.54, 1.807) is 31.2 Å². The van der Waals surface area contributed by atoms with Crippen molar-refractivity contribution in [2.75, 3.05) is 13.2 Å². The van der Waals surface area contributed by atoms with Crippen molar-refractivity contribution in [3.63, 3.8) is 0 Å². The van der Waals surface area contributed by atoms with Gasteiger partial charge in [-0.1, -0.05) is 24.3 Å². The third kappa shape index (κ3) is 5.25. The topological polar surface area (TPSA) is 90.6 Å². The van der Waals surface area contributed by atoms with Crippen LogP contribution in [0, 0.1) is 19.7 Å². The predicted octanol–water partition coefficient (Wildman–Crippen LogP) is 3.51. The minimum absolute atomic E-state index is 0.206. The Labute approximate surface area is 190 Å². The third-order valence-electron chi connectivity index (χ3n) is 4.99. The van der Waals surface area contributed by atoms with Gasteiger partial charge in [0.1, 0.15) is 18.2 Å². The van der Waals surface area contributed by atoms with E-state index in [0.29, 0.717) is 28.7 Å². The van der Waals surface area contributed by atoms with Crippen LogP contribution in [0.5, 0.6) is 11.6 Å². The number of benzene rings is 2. The Morgan fingerprint density at radius 1 is 1.12 bits per heavy atom. The van der Waals surface area contributed by atoms with Crippen molar-refractivity contribution in [2.45, 2.75) is 26.9 Å². The van der Waals surface area contributed by atoms with Gasteiger partial charge in [0.2, 0.25) is 5.88 Å². The van der Waals surface area contributed by atoms with Crippen molar-refractivity contribution >= 4 is 11.6 Å². The largest absolute Gasteiger partial charge is 0.481 e. The van der Waals surface area contributed by atoms with Gasteiger partial charge in [-0.25, -0.2) is 4.39 Å². The molecule has 2 aromatic heterocycles. The van der Waals surface area contributed by atoms with E-state index in [1.807, 2.05) is 32.0 Å². The number of ether oxygens (including phenoxy) is 2. The van der Waals surface area contributed by atoms with Crippen LogP contribution in [0.25, 0.3) is 17.0 Å². The summed E-state index contributed by atoms with van der Waals surface area (Å²) in [6.45, 7) is 6.09. The van der Waals surface area contributed by atoms with Crippen LogP contribution in [-0.4, -0.2) is 45.0 Å². The Hall–Kier alpha value is -4.01. The first kappa shape index (κ1) is 22.2. The van der Waals surface area contributed by atoms with Gasteiger partial charge in [-0.05, 0) is 56.2 Å². The molecule has 170 valence electrons. The second-order valence-corrected chi connectivity index (χ2v) is 7.64. The zero-order valence-electron chi connectivity index (χ0n) is 18.6. The maximum Gasteiger partial charge on any atom is 0.260 e. The highest BCUT2D eigenvalue weighted by Gasteiger charge is 2.16. The summed E-state index contributed by atoms with van der Waals surface area (Å²) in [7, 11) is 0. The fourth-order valence-corrected chi connectivity index (χ4v) is 3.21. The summed E-state index contributed by atoms with van der Waals surface area (Å²) in [5.41, 5.74) is 3.09. The molecule has 0 spiro atoms. The highest BCUT2D eigenvalue weighted by molar-refractivity contribution is 5.80. The maximum atomic E-state index is 13.6. The lowest BCUT2D eigenvalue weighted by atomic mass is 10.1. The van der Waals surface area contributed by atoms with E-state index in [4.69, 9.17) is 9.47 Å². The molecule has 0 saturated carbocycles. The molecule has 1 amide bonds. The quantitative estimate of drug-likeness (QED) is 0.414. The number of aryl methyl sites for hydroxylation is 2. The molecular weight excluding hydrogens is 425 g/mol. The first-order valence-corrected chi connectivity index (χ1v) is 10.5. The summed E-state index contributed by atoms with van der Waals surface area (Å²) >= 11 is 0. The van der Waals surface area contributed by atoms with Crippen molar-refractivity contribution in [1.29, 1.82) is 0 Å². The second kappa shape index (κ2) is 9.64. The molecule has 1 N–H and O–H groups in total. The second-order valence-electron chi connectivity index (χ2n) is 7.64. The summed E-state index contributed by atoms with van der Waals surface area (Å²) in [5.74, 6) is 0.808. The third-order valence-corrected chi connectivity index (χ3v) is 4.99. The van der Waals surface area contributed by atoms with Gasteiger partial charge in [-0.15, -0.1) is 15.3 Å². The van der Waals surface area contributed by atoms with Crippen LogP contribution < -0.4 is 14.8 Å². The highest BCUT2D eigenvalue weighted by atomic mass is 19.1. The minimum atomic E-state index is -0.647. The smallest absolute Gasteiger partial charge is 0.260 e. The number of carbonyl (C=O) groups is 1. The summed E-state index contributed by atoms with van der Waals surface area (Å²) in [6.07, 6.45) is -0.647. The Balaban J connectivity index is 1.33. The number of aromatic nitrogens is 4. The van der Waals surface area contributed by atoms with Crippen LogP contribution in [0.1, 0.15) is 18.1 Å². The molecule has 1 unspecified atom stereocenters. The van der Waals surface area contributed by atoms with Gasteiger partial charge in [-0.3, -0.25) is 4.79 Å². The molecule has 1 atom stereocenters. The van der Waals surface area contributed by atoms with E-state index in [0.717, 1.165) is 11.1 Å². The van der Waals surface area contributed by atoms with E-state index in [-0.39, 0.29) is 24.9 Å². The lowest BCUT2D eigenvalue weighted by Crippen LogP contribution is -2.38. The number of rotatable bonds is 8. The molecule has 4 aromatic rings. The molecule has 0 aliphatic carbocycles. The van der Waals surface area contributed by atoms with Crippen LogP contribution in [0.4, 0.5) is 4.39 Å². The van der Waals surface area contributed by atoms with E-state index in [1.165, 1.54) is 16.6 Å². The average Bonchev–Trinajstić information content (AvgIpc) is 3.22. The highest BCUT2D eigenvalue weighted by Crippen LogP contribution is 2.21. The fourth-order valence-electron chi connectivity index (χ4n) is 3.21. The van der Waals surface area contributed by atoms with Crippen molar-refractivity contribution in [2.24, 2.45) is 0 Å². The molecule has 0 fully saturated rings. The number of halogens is 1. The minimum Gasteiger partial charge on any atom is -0.481 e. The Bertz CT molecular complexity index is 1290. The summed E-state index contributed by atoms with van der Waals surface area (Å²) < 4.78 is 26.5. The van der Waals surface area contributed by atoms with Crippen LogP contribution in [0.3, 0.4) is 0 Å². The molecule has 0 aliphatic heterocycles. The number of nitrogens with one attached hydrogen (secondary N) is 1. The molecule has 2 heterocycles. The van der Waals surface area contributed by atoms with E-state index < -0.39 is 6.10 Å². The fraction of sp³-hybridized carbons (Fsp3) is 0.250. The SMILES string of the molecule is Cc1ccc(C)c(OC(C)C(=O)NCCOc2ccc3nnc(-c4cccc(F)c4)n3n2)c1. The predicted molar refractivity (Wildman–Crippen MR) is 121 cm³/mol. The van der Waals surface area contributed by atoms with Gasteiger partial charge in [0.15, 0.2) is 17.6 Å². The molecule has 0 aliphatic rings. The molecule has 8 nitrogen and oxygen atoms in total. The van der Waals surface area contributed by atoms with Crippen LogP contribution in [0.2, 0.25) is 0 Å². The molecule has 2 aromatic carbocycles.